The van der Waals surface area contributed by atoms with Gasteiger partial charge in [-0.3, -0.25) is 4.79 Å². The Morgan fingerprint density at radius 3 is 2.48 bits per heavy atom. The van der Waals surface area contributed by atoms with Crippen molar-refractivity contribution in [3.8, 4) is 0 Å². The highest BCUT2D eigenvalue weighted by Crippen LogP contribution is 2.26. The number of carbonyl (C=O) groups is 1. The minimum atomic E-state index is -0.605. The van der Waals surface area contributed by atoms with Crippen molar-refractivity contribution in [2.75, 3.05) is 0 Å². The van der Waals surface area contributed by atoms with Crippen LogP contribution in [0.2, 0.25) is 0 Å². The van der Waals surface area contributed by atoms with Crippen LogP contribution in [0.3, 0.4) is 0 Å². The number of nitrogens with zero attached hydrogens (tertiary/aromatic N) is 2. The van der Waals surface area contributed by atoms with Crippen LogP contribution in [0.5, 0.6) is 0 Å². The molecule has 0 saturated heterocycles. The lowest BCUT2D eigenvalue weighted by Gasteiger charge is -2.23. The maximum absolute atomic E-state index is 11.7. The molecule has 0 radical (unpaired) electrons. The second kappa shape index (κ2) is 9.37. The molecule has 0 aliphatic rings. The molecule has 0 bridgehead atoms. The third kappa shape index (κ3) is 6.25. The molecule has 27 heavy (non-hydrogen) atoms. The third-order valence-corrected chi connectivity index (χ3v) is 3.76. The number of carbonyl (C=O) groups excluding carboxylic acids is 1. The van der Waals surface area contributed by atoms with Crippen LogP contribution in [0.4, 0.5) is 0 Å². The highest BCUT2D eigenvalue weighted by atomic mass is 16.5. The van der Waals surface area contributed by atoms with Gasteiger partial charge in [0.1, 0.15) is 5.76 Å². The molecular weight excluding hydrogens is 340 g/mol. The van der Waals surface area contributed by atoms with E-state index in [2.05, 4.69) is 30.0 Å². The summed E-state index contributed by atoms with van der Waals surface area (Å²) in [5.41, 5.74) is 12.5. The number of hydrogen-bond donors (Lipinski definition) is 2. The molecule has 0 spiro atoms. The van der Waals surface area contributed by atoms with Gasteiger partial charge < -0.3 is 20.8 Å². The highest BCUT2D eigenvalue weighted by Gasteiger charge is 2.22. The second-order valence-electron chi connectivity index (χ2n) is 7.35. The Bertz CT molecular complexity index is 775. The van der Waals surface area contributed by atoms with Crippen molar-refractivity contribution in [2.45, 2.75) is 59.5 Å². The van der Waals surface area contributed by atoms with E-state index >= 15 is 0 Å². The van der Waals surface area contributed by atoms with Crippen molar-refractivity contribution in [1.29, 1.82) is 0 Å². The molecule has 1 aromatic heterocycles. The molecule has 148 valence electrons. The molecule has 1 rings (SSSR count). The number of rotatable bonds is 9. The van der Waals surface area contributed by atoms with Crippen molar-refractivity contribution < 1.29 is 9.53 Å². The van der Waals surface area contributed by atoms with E-state index in [1.54, 1.807) is 24.3 Å². The Balaban J connectivity index is 3.27. The van der Waals surface area contributed by atoms with Gasteiger partial charge in [-0.1, -0.05) is 18.7 Å². The molecule has 0 unspecified atom stereocenters. The number of aromatic nitrogens is 2. The van der Waals surface area contributed by atoms with Gasteiger partial charge in [-0.25, -0.2) is 4.98 Å². The third-order valence-electron chi connectivity index (χ3n) is 3.76. The summed E-state index contributed by atoms with van der Waals surface area (Å²) in [5, 5.41) is 0. The van der Waals surface area contributed by atoms with Gasteiger partial charge in [0, 0.05) is 29.9 Å². The Morgan fingerprint density at radius 1 is 1.41 bits per heavy atom. The second-order valence-corrected chi connectivity index (χ2v) is 7.35. The molecule has 0 saturated carbocycles. The molecule has 0 aromatic carbocycles. The summed E-state index contributed by atoms with van der Waals surface area (Å²) in [7, 11) is 0. The van der Waals surface area contributed by atoms with Crippen molar-refractivity contribution in [1.82, 2.24) is 9.55 Å². The lowest BCUT2D eigenvalue weighted by atomic mass is 10.0. The van der Waals surface area contributed by atoms with Gasteiger partial charge in [0.05, 0.1) is 5.57 Å². The first-order chi connectivity index (χ1) is 12.5. The number of amides is 1. The van der Waals surface area contributed by atoms with Crippen LogP contribution in [0, 0.1) is 0 Å². The number of ether oxygens (including phenoxy) is 1. The molecule has 0 aliphatic heterocycles. The van der Waals surface area contributed by atoms with Gasteiger partial charge in [0.15, 0.2) is 11.6 Å². The maximum Gasteiger partial charge on any atom is 0.252 e. The van der Waals surface area contributed by atoms with E-state index in [1.165, 1.54) is 0 Å². The summed E-state index contributed by atoms with van der Waals surface area (Å²) in [6.07, 6.45) is 9.35. The molecule has 6 nitrogen and oxygen atoms in total. The number of primary amides is 1. The first-order valence-corrected chi connectivity index (χ1v) is 9.03. The van der Waals surface area contributed by atoms with Crippen molar-refractivity contribution in [3.63, 3.8) is 0 Å². The van der Waals surface area contributed by atoms with Crippen molar-refractivity contribution in [3.05, 3.63) is 59.9 Å². The minimum Gasteiger partial charge on any atom is -0.454 e. The fraction of sp³-hybridized carbons (Fsp3) is 0.429. The number of allylic oxidation sites excluding steroid dienone is 4. The van der Waals surface area contributed by atoms with Gasteiger partial charge in [0.2, 0.25) is 0 Å². The highest BCUT2D eigenvalue weighted by molar-refractivity contribution is 5.96. The van der Waals surface area contributed by atoms with E-state index in [0.717, 1.165) is 5.69 Å². The van der Waals surface area contributed by atoms with E-state index in [9.17, 15) is 4.79 Å². The van der Waals surface area contributed by atoms with Crippen LogP contribution in [0.1, 0.15) is 59.1 Å². The Labute approximate surface area is 162 Å². The maximum atomic E-state index is 11.7. The molecule has 0 aliphatic carbocycles. The average Bonchev–Trinajstić information content (AvgIpc) is 2.94. The summed E-state index contributed by atoms with van der Waals surface area (Å²) in [6.45, 7) is 15.6. The number of nitrogens with two attached hydrogens (primary N) is 2. The van der Waals surface area contributed by atoms with Crippen LogP contribution in [0.25, 0.3) is 5.76 Å². The zero-order valence-corrected chi connectivity index (χ0v) is 17.2. The minimum absolute atomic E-state index is 0.154. The smallest absolute Gasteiger partial charge is 0.252 e. The Kier molecular flexibility index (Phi) is 7.79. The van der Waals surface area contributed by atoms with Gasteiger partial charge >= 0.3 is 0 Å². The van der Waals surface area contributed by atoms with E-state index < -0.39 is 5.91 Å². The van der Waals surface area contributed by atoms with Crippen LogP contribution in [-0.4, -0.2) is 21.0 Å². The lowest BCUT2D eigenvalue weighted by Crippen LogP contribution is -2.35. The number of hydrogen-bond acceptors (Lipinski definition) is 4. The number of imidazole rings is 1. The van der Waals surface area contributed by atoms with Gasteiger partial charge in [-0.05, 0) is 53.7 Å². The van der Waals surface area contributed by atoms with Gasteiger partial charge in [-0.2, -0.15) is 0 Å². The normalized spacial score (nSPS) is 13.5. The molecule has 1 aromatic rings. The molecular formula is C21H32N4O2. The fourth-order valence-electron chi connectivity index (χ4n) is 2.68. The molecule has 1 heterocycles. The van der Waals surface area contributed by atoms with Crippen molar-refractivity contribution >= 4 is 11.7 Å². The zero-order chi connectivity index (χ0) is 20.8. The van der Waals surface area contributed by atoms with E-state index in [1.807, 2.05) is 33.9 Å². The molecule has 1 amide bonds. The fourth-order valence-corrected chi connectivity index (χ4v) is 2.68. The summed E-state index contributed by atoms with van der Waals surface area (Å²) in [4.78, 5) is 16.2. The predicted octanol–water partition coefficient (Wildman–Crippen LogP) is 3.62. The molecule has 4 N–H and O–H groups in total. The molecule has 0 fully saturated rings. The SMILES string of the molecule is C=C(O/C(=C/C)c1ncc(CC(C)(C)N)n1C(C)C)/C(=C\C=C/C)C(N)=O. The molecule has 0 atom stereocenters. The van der Waals surface area contributed by atoms with Gasteiger partial charge in [0.25, 0.3) is 5.91 Å². The summed E-state index contributed by atoms with van der Waals surface area (Å²) < 4.78 is 7.97. The predicted molar refractivity (Wildman–Crippen MR) is 111 cm³/mol. The summed E-state index contributed by atoms with van der Waals surface area (Å²) in [6, 6.07) is 0.154. The first-order valence-electron chi connectivity index (χ1n) is 9.03. The van der Waals surface area contributed by atoms with Crippen LogP contribution in [0.15, 0.2) is 48.4 Å². The average molecular weight is 373 g/mol. The van der Waals surface area contributed by atoms with E-state index in [-0.39, 0.29) is 22.9 Å². The van der Waals surface area contributed by atoms with E-state index in [0.29, 0.717) is 18.0 Å². The zero-order valence-electron chi connectivity index (χ0n) is 17.2. The molecule has 6 heteroatoms. The van der Waals surface area contributed by atoms with Crippen LogP contribution in [-0.2, 0) is 16.0 Å². The lowest BCUT2D eigenvalue weighted by molar-refractivity contribution is -0.114. The standard InChI is InChI=1S/C21H32N4O2/c1-8-10-11-17(19(22)26)15(5)27-18(9-2)20-24-13-16(12-21(6,7)23)25(20)14(3)4/h8-11,13-14H,5,12,23H2,1-4,6-7H3,(H2,22,26)/b10-8-,17-11+,18-9+. The Morgan fingerprint density at radius 2 is 2.04 bits per heavy atom. The topological polar surface area (TPSA) is 96.2 Å². The van der Waals surface area contributed by atoms with E-state index in [4.69, 9.17) is 16.2 Å². The monoisotopic (exact) mass is 372 g/mol. The van der Waals surface area contributed by atoms with Crippen LogP contribution >= 0.6 is 0 Å². The van der Waals surface area contributed by atoms with Crippen LogP contribution < -0.4 is 11.5 Å². The quantitative estimate of drug-likeness (QED) is 0.393. The Hall–Kier alpha value is -2.60. The van der Waals surface area contributed by atoms with Crippen molar-refractivity contribution in [2.24, 2.45) is 11.5 Å². The summed E-state index contributed by atoms with van der Waals surface area (Å²) >= 11 is 0. The first kappa shape index (κ1) is 22.4. The largest absolute Gasteiger partial charge is 0.454 e. The van der Waals surface area contributed by atoms with Gasteiger partial charge in [-0.15, -0.1) is 0 Å². The summed E-state index contributed by atoms with van der Waals surface area (Å²) in [5.74, 6) is 0.726.